The van der Waals surface area contributed by atoms with Crippen molar-refractivity contribution < 1.29 is 21.6 Å². The number of thiophene rings is 1. The first-order valence-corrected chi connectivity index (χ1v) is 8.26. The van der Waals surface area contributed by atoms with Crippen LogP contribution < -0.4 is 5.32 Å². The van der Waals surface area contributed by atoms with Crippen LogP contribution >= 0.6 is 11.3 Å². The highest BCUT2D eigenvalue weighted by atomic mass is 32.2. The van der Waals surface area contributed by atoms with Crippen LogP contribution in [0.2, 0.25) is 0 Å². The zero-order valence-electron chi connectivity index (χ0n) is 11.2. The van der Waals surface area contributed by atoms with Crippen LogP contribution in [-0.4, -0.2) is 39.0 Å². The van der Waals surface area contributed by atoms with Crippen molar-refractivity contribution >= 4 is 21.4 Å². The van der Waals surface area contributed by atoms with E-state index in [1.54, 1.807) is 20.0 Å². The molecule has 1 aromatic heterocycles. The van der Waals surface area contributed by atoms with Gasteiger partial charge in [0, 0.05) is 18.0 Å². The summed E-state index contributed by atoms with van der Waals surface area (Å²) in [6.45, 7) is 0.510. The summed E-state index contributed by atoms with van der Waals surface area (Å²) in [5.74, 6) is 0. The number of nitrogens with one attached hydrogen (secondary N) is 1. The van der Waals surface area contributed by atoms with Gasteiger partial charge in [0.2, 0.25) is 0 Å². The third kappa shape index (κ3) is 4.72. The lowest BCUT2D eigenvalue weighted by Crippen LogP contribution is -2.39. The maximum Gasteiger partial charge on any atom is 0.402 e. The molecule has 0 bridgehead atoms. The summed E-state index contributed by atoms with van der Waals surface area (Å²) in [6, 6.07) is 2.96. The van der Waals surface area contributed by atoms with Crippen molar-refractivity contribution in [2.24, 2.45) is 0 Å². The summed E-state index contributed by atoms with van der Waals surface area (Å²) in [7, 11) is -2.38. The van der Waals surface area contributed by atoms with Gasteiger partial charge >= 0.3 is 6.18 Å². The molecule has 20 heavy (non-hydrogen) atoms. The normalized spacial score (nSPS) is 13.1. The summed E-state index contributed by atoms with van der Waals surface area (Å²) in [6.07, 6.45) is -4.22. The van der Waals surface area contributed by atoms with E-state index in [1.165, 1.54) is 6.07 Å². The van der Waals surface area contributed by atoms with Crippen molar-refractivity contribution in [3.8, 4) is 0 Å². The van der Waals surface area contributed by atoms with Gasteiger partial charge in [-0.1, -0.05) is 6.92 Å². The highest BCUT2D eigenvalue weighted by Gasteiger charge is 2.37. The first-order chi connectivity index (χ1) is 9.20. The van der Waals surface area contributed by atoms with Crippen molar-refractivity contribution in [1.82, 2.24) is 9.62 Å². The van der Waals surface area contributed by atoms with E-state index in [4.69, 9.17) is 0 Å². The molecule has 9 heteroatoms. The molecule has 0 radical (unpaired) electrons. The molecule has 0 aliphatic carbocycles. The Morgan fingerprint density at radius 3 is 2.50 bits per heavy atom. The average molecular weight is 330 g/mol. The van der Waals surface area contributed by atoms with Crippen LogP contribution in [0.25, 0.3) is 0 Å². The van der Waals surface area contributed by atoms with Gasteiger partial charge < -0.3 is 5.32 Å². The van der Waals surface area contributed by atoms with Crippen LogP contribution in [0.4, 0.5) is 13.2 Å². The summed E-state index contributed by atoms with van der Waals surface area (Å²) in [5.41, 5.74) is 0. The molecule has 1 rings (SSSR count). The van der Waals surface area contributed by atoms with Gasteiger partial charge in [0.1, 0.15) is 10.8 Å². The van der Waals surface area contributed by atoms with E-state index in [0.717, 1.165) is 16.2 Å². The van der Waals surface area contributed by atoms with E-state index in [-0.39, 0.29) is 10.8 Å². The SMILES string of the molecule is CCCN(CC(F)(F)F)S(=O)(=O)c1ccc(CNC)s1. The van der Waals surface area contributed by atoms with E-state index in [2.05, 4.69) is 5.32 Å². The molecular formula is C11H17F3N2O2S2. The van der Waals surface area contributed by atoms with E-state index in [1.807, 2.05) is 0 Å². The Hall–Kier alpha value is -0.640. The van der Waals surface area contributed by atoms with Gasteiger partial charge in [-0.2, -0.15) is 17.5 Å². The van der Waals surface area contributed by atoms with E-state index in [9.17, 15) is 21.6 Å². The van der Waals surface area contributed by atoms with E-state index >= 15 is 0 Å². The molecule has 0 saturated heterocycles. The molecule has 0 spiro atoms. The Bertz CT molecular complexity index is 526. The summed E-state index contributed by atoms with van der Waals surface area (Å²) >= 11 is 0.985. The fraction of sp³-hybridized carbons (Fsp3) is 0.636. The zero-order valence-corrected chi connectivity index (χ0v) is 12.8. The summed E-state index contributed by atoms with van der Waals surface area (Å²) < 4.78 is 62.4. The molecule has 0 aliphatic rings. The second kappa shape index (κ2) is 6.88. The number of hydrogen-bond acceptors (Lipinski definition) is 4. The lowest BCUT2D eigenvalue weighted by molar-refractivity contribution is -0.136. The lowest BCUT2D eigenvalue weighted by atomic mass is 10.5. The first kappa shape index (κ1) is 17.4. The molecule has 0 fully saturated rings. The molecule has 0 aliphatic heterocycles. The predicted molar refractivity (Wildman–Crippen MR) is 72.2 cm³/mol. The second-order valence-corrected chi connectivity index (χ2v) is 7.54. The minimum atomic E-state index is -4.55. The Morgan fingerprint density at radius 2 is 2.00 bits per heavy atom. The maximum absolute atomic E-state index is 12.5. The van der Waals surface area contributed by atoms with Crippen LogP contribution in [0.3, 0.4) is 0 Å². The highest BCUT2D eigenvalue weighted by Crippen LogP contribution is 2.27. The largest absolute Gasteiger partial charge is 0.402 e. The molecule has 0 unspecified atom stereocenters. The Balaban J connectivity index is 3.02. The molecule has 116 valence electrons. The molecule has 0 atom stereocenters. The van der Waals surface area contributed by atoms with Gasteiger partial charge in [0.25, 0.3) is 10.0 Å². The van der Waals surface area contributed by atoms with Gasteiger partial charge in [-0.05, 0) is 25.6 Å². The summed E-state index contributed by atoms with van der Waals surface area (Å²) in [4.78, 5) is 0.759. The van der Waals surface area contributed by atoms with Crippen LogP contribution in [0.15, 0.2) is 16.3 Å². The van der Waals surface area contributed by atoms with E-state index in [0.29, 0.717) is 17.3 Å². The fourth-order valence-corrected chi connectivity index (χ4v) is 4.67. The smallest absolute Gasteiger partial charge is 0.315 e. The topological polar surface area (TPSA) is 49.4 Å². The Kier molecular flexibility index (Phi) is 5.99. The van der Waals surface area contributed by atoms with Gasteiger partial charge in [0.05, 0.1) is 0 Å². The van der Waals surface area contributed by atoms with Crippen LogP contribution in [0.5, 0.6) is 0 Å². The number of alkyl halides is 3. The van der Waals surface area contributed by atoms with Crippen molar-refractivity contribution in [2.45, 2.75) is 30.3 Å². The Labute approximate surface area is 120 Å². The minimum Gasteiger partial charge on any atom is -0.315 e. The van der Waals surface area contributed by atoms with Gasteiger partial charge in [-0.15, -0.1) is 11.3 Å². The number of nitrogens with zero attached hydrogens (tertiary/aromatic N) is 1. The summed E-state index contributed by atoms with van der Waals surface area (Å²) in [5, 5.41) is 2.86. The molecule has 1 N–H and O–H groups in total. The number of halogens is 3. The monoisotopic (exact) mass is 330 g/mol. The molecule has 4 nitrogen and oxygen atoms in total. The minimum absolute atomic E-state index is 0.0551. The van der Waals surface area contributed by atoms with Crippen LogP contribution in [0, 0.1) is 0 Å². The number of rotatable bonds is 7. The molecular weight excluding hydrogens is 313 g/mol. The van der Waals surface area contributed by atoms with Crippen molar-refractivity contribution in [1.29, 1.82) is 0 Å². The van der Waals surface area contributed by atoms with Gasteiger partial charge in [-0.3, -0.25) is 0 Å². The van der Waals surface area contributed by atoms with Crippen LogP contribution in [0.1, 0.15) is 18.2 Å². The van der Waals surface area contributed by atoms with Gasteiger partial charge in [-0.25, -0.2) is 8.42 Å². The molecule has 0 saturated carbocycles. The third-order valence-electron chi connectivity index (χ3n) is 2.41. The number of hydrogen-bond donors (Lipinski definition) is 1. The van der Waals surface area contributed by atoms with Crippen LogP contribution in [-0.2, 0) is 16.6 Å². The molecule has 0 aromatic carbocycles. The first-order valence-electron chi connectivity index (χ1n) is 6.01. The predicted octanol–water partition coefficient (Wildman–Crippen LogP) is 2.43. The quantitative estimate of drug-likeness (QED) is 0.835. The average Bonchev–Trinajstić information content (AvgIpc) is 2.76. The molecule has 1 aromatic rings. The number of sulfonamides is 1. The fourth-order valence-electron chi connectivity index (χ4n) is 1.63. The standard InChI is InChI=1S/C11H17F3N2O2S2/c1-3-6-16(8-11(12,13)14)20(17,18)10-5-4-9(19-10)7-15-2/h4-5,15H,3,6-8H2,1-2H3. The maximum atomic E-state index is 12.5. The van der Waals surface area contributed by atoms with Crippen molar-refractivity contribution in [3.05, 3.63) is 17.0 Å². The van der Waals surface area contributed by atoms with Crippen molar-refractivity contribution in [3.63, 3.8) is 0 Å². The Morgan fingerprint density at radius 1 is 1.35 bits per heavy atom. The third-order valence-corrected chi connectivity index (χ3v) is 5.81. The lowest BCUT2D eigenvalue weighted by Gasteiger charge is -2.21. The van der Waals surface area contributed by atoms with Gasteiger partial charge in [0.15, 0.2) is 0 Å². The second-order valence-electron chi connectivity index (χ2n) is 4.20. The zero-order chi connectivity index (χ0) is 15.4. The molecule has 1 heterocycles. The van der Waals surface area contributed by atoms with Crippen molar-refractivity contribution in [2.75, 3.05) is 20.1 Å². The van der Waals surface area contributed by atoms with E-state index < -0.39 is 22.7 Å². The molecule has 0 amide bonds. The highest BCUT2D eigenvalue weighted by molar-refractivity contribution is 7.91.